The molecule has 0 bridgehead atoms. The van der Waals surface area contributed by atoms with Crippen LogP contribution in [0, 0.1) is 27.2 Å². The van der Waals surface area contributed by atoms with Gasteiger partial charge in [0.15, 0.2) is 0 Å². The highest BCUT2D eigenvalue weighted by Gasteiger charge is 2.29. The molecule has 0 saturated heterocycles. The van der Waals surface area contributed by atoms with Gasteiger partial charge in [0.1, 0.15) is 5.56 Å². The van der Waals surface area contributed by atoms with Crippen molar-refractivity contribution in [2.45, 2.75) is 6.92 Å². The number of nitro groups is 2. The normalized spacial score (nSPS) is 10.3. The van der Waals surface area contributed by atoms with Crippen LogP contribution in [0.5, 0.6) is 5.75 Å². The van der Waals surface area contributed by atoms with Crippen molar-refractivity contribution in [2.75, 3.05) is 0 Å². The van der Waals surface area contributed by atoms with E-state index < -0.39 is 32.5 Å². The molecule has 1 aromatic carbocycles. The van der Waals surface area contributed by atoms with Gasteiger partial charge in [-0.05, 0) is 6.92 Å². The van der Waals surface area contributed by atoms with Gasteiger partial charge in [0, 0.05) is 23.3 Å². The first-order valence-electron chi connectivity index (χ1n) is 5.53. The third kappa shape index (κ3) is 2.41. The van der Waals surface area contributed by atoms with Crippen LogP contribution in [0.1, 0.15) is 5.56 Å². The molecule has 1 aromatic heterocycles. The molecule has 21 heavy (non-hydrogen) atoms. The third-order valence-electron chi connectivity index (χ3n) is 2.86. The predicted octanol–water partition coefficient (Wildman–Crippen LogP) is 1.27. The summed E-state index contributed by atoms with van der Waals surface area (Å²) in [4.78, 5) is 31.5. The van der Waals surface area contributed by atoms with E-state index in [9.17, 15) is 30.1 Å². The molecule has 0 aliphatic rings. The van der Waals surface area contributed by atoms with E-state index in [0.717, 1.165) is 25.3 Å². The van der Waals surface area contributed by atoms with E-state index in [0.29, 0.717) is 0 Å². The zero-order valence-electron chi connectivity index (χ0n) is 10.6. The van der Waals surface area contributed by atoms with Crippen molar-refractivity contribution in [3.8, 4) is 16.9 Å². The van der Waals surface area contributed by atoms with Gasteiger partial charge < -0.3 is 5.11 Å². The zero-order valence-corrected chi connectivity index (χ0v) is 10.6. The molecule has 10 heteroatoms. The minimum atomic E-state index is -0.915. The molecule has 0 aliphatic carbocycles. The van der Waals surface area contributed by atoms with Gasteiger partial charge in [-0.3, -0.25) is 25.0 Å². The number of nitrogens with zero attached hydrogens (tertiary/aromatic N) is 3. The highest BCUT2D eigenvalue weighted by Crippen LogP contribution is 2.43. The summed E-state index contributed by atoms with van der Waals surface area (Å²) < 4.78 is 0. The van der Waals surface area contributed by atoms with Crippen LogP contribution in [0.2, 0.25) is 0 Å². The first-order chi connectivity index (χ1) is 9.82. The summed E-state index contributed by atoms with van der Waals surface area (Å²) in [6.07, 6.45) is 1.12. The van der Waals surface area contributed by atoms with Crippen LogP contribution in [-0.4, -0.2) is 25.2 Å². The summed E-state index contributed by atoms with van der Waals surface area (Å²) in [6, 6.07) is 1.99. The number of nitro benzene ring substituents is 2. The molecule has 108 valence electrons. The SMILES string of the molecule is Cc1c([N+](=O)[O-])cc(-c2cn[nH]c(=O)c2)c(O)c1[N+](=O)[O-]. The molecule has 0 radical (unpaired) electrons. The number of aromatic amines is 1. The molecular weight excluding hydrogens is 284 g/mol. The van der Waals surface area contributed by atoms with Crippen molar-refractivity contribution in [3.05, 3.63) is 54.5 Å². The Hall–Kier alpha value is -3.30. The lowest BCUT2D eigenvalue weighted by molar-refractivity contribution is -0.395. The molecule has 0 fully saturated rings. The molecule has 2 N–H and O–H groups in total. The maximum Gasteiger partial charge on any atom is 0.321 e. The van der Waals surface area contributed by atoms with Gasteiger partial charge in [0.25, 0.3) is 11.2 Å². The second-order valence-corrected chi connectivity index (χ2v) is 4.11. The van der Waals surface area contributed by atoms with Gasteiger partial charge >= 0.3 is 5.69 Å². The molecule has 0 saturated carbocycles. The van der Waals surface area contributed by atoms with Crippen LogP contribution in [0.3, 0.4) is 0 Å². The summed E-state index contributed by atoms with van der Waals surface area (Å²) in [7, 11) is 0. The Bertz CT molecular complexity index is 813. The lowest BCUT2D eigenvalue weighted by Crippen LogP contribution is -2.06. The average molecular weight is 292 g/mol. The highest BCUT2D eigenvalue weighted by molar-refractivity contribution is 5.79. The molecule has 10 nitrogen and oxygen atoms in total. The maximum absolute atomic E-state index is 11.2. The number of aromatic hydroxyl groups is 1. The van der Waals surface area contributed by atoms with Crippen molar-refractivity contribution in [1.29, 1.82) is 0 Å². The Morgan fingerprint density at radius 2 is 1.90 bits per heavy atom. The first kappa shape index (κ1) is 14.1. The Balaban J connectivity index is 2.87. The fourth-order valence-corrected chi connectivity index (χ4v) is 1.90. The molecule has 0 aliphatic heterocycles. The Morgan fingerprint density at radius 3 is 2.43 bits per heavy atom. The van der Waals surface area contributed by atoms with E-state index in [2.05, 4.69) is 10.2 Å². The summed E-state index contributed by atoms with van der Waals surface area (Å²) in [5, 5.41) is 37.5. The summed E-state index contributed by atoms with van der Waals surface area (Å²) in [5.74, 6) is -0.754. The van der Waals surface area contributed by atoms with E-state index in [1.54, 1.807) is 0 Å². The Kier molecular flexibility index (Phi) is 3.36. The van der Waals surface area contributed by atoms with Gasteiger partial charge in [0.2, 0.25) is 5.75 Å². The molecule has 0 amide bonds. The van der Waals surface area contributed by atoms with Gasteiger partial charge in [-0.15, -0.1) is 0 Å². The van der Waals surface area contributed by atoms with Gasteiger partial charge in [-0.25, -0.2) is 5.10 Å². The minimum absolute atomic E-state index is 0.0300. The fourth-order valence-electron chi connectivity index (χ4n) is 1.90. The summed E-state index contributed by atoms with van der Waals surface area (Å²) in [5.41, 5.74) is -2.38. The van der Waals surface area contributed by atoms with Crippen molar-refractivity contribution in [3.63, 3.8) is 0 Å². The summed E-state index contributed by atoms with van der Waals surface area (Å²) >= 11 is 0. The summed E-state index contributed by atoms with van der Waals surface area (Å²) in [6.45, 7) is 1.16. The fraction of sp³-hybridized carbons (Fsp3) is 0.0909. The van der Waals surface area contributed by atoms with Crippen molar-refractivity contribution in [1.82, 2.24) is 10.2 Å². The molecule has 0 atom stereocenters. The van der Waals surface area contributed by atoms with Crippen molar-refractivity contribution < 1.29 is 15.0 Å². The molecule has 2 rings (SSSR count). The molecule has 0 spiro atoms. The number of benzene rings is 1. The van der Waals surface area contributed by atoms with Crippen LogP contribution in [0.25, 0.3) is 11.1 Å². The minimum Gasteiger partial charge on any atom is -0.502 e. The quantitative estimate of drug-likeness (QED) is 0.637. The largest absolute Gasteiger partial charge is 0.502 e. The molecule has 0 unspecified atom stereocenters. The van der Waals surface area contributed by atoms with Gasteiger partial charge in [-0.2, -0.15) is 5.10 Å². The van der Waals surface area contributed by atoms with Crippen molar-refractivity contribution in [2.24, 2.45) is 0 Å². The number of aromatic nitrogens is 2. The maximum atomic E-state index is 11.2. The molecule has 1 heterocycles. The monoisotopic (exact) mass is 292 g/mol. The number of rotatable bonds is 3. The number of phenols is 1. The van der Waals surface area contributed by atoms with Crippen LogP contribution >= 0.6 is 0 Å². The number of nitrogens with one attached hydrogen (secondary N) is 1. The lowest BCUT2D eigenvalue weighted by Gasteiger charge is -2.07. The van der Waals surface area contributed by atoms with Gasteiger partial charge in [0.05, 0.1) is 16.0 Å². The molecular formula is C11H8N4O6. The second kappa shape index (κ2) is 5.00. The van der Waals surface area contributed by atoms with Crippen LogP contribution in [0.4, 0.5) is 11.4 Å². The van der Waals surface area contributed by atoms with E-state index >= 15 is 0 Å². The molecule has 2 aromatic rings. The van der Waals surface area contributed by atoms with E-state index in [-0.39, 0.29) is 16.7 Å². The topological polar surface area (TPSA) is 152 Å². The van der Waals surface area contributed by atoms with Crippen LogP contribution in [0.15, 0.2) is 23.1 Å². The third-order valence-corrected chi connectivity index (χ3v) is 2.86. The number of phenolic OH excluding ortho intramolecular Hbond substituents is 1. The van der Waals surface area contributed by atoms with E-state index in [1.165, 1.54) is 0 Å². The Morgan fingerprint density at radius 1 is 1.24 bits per heavy atom. The standard InChI is InChI=1S/C11H8N4O6/c1-5-8(14(18)19)3-7(11(17)10(5)15(20)21)6-2-9(16)13-12-4-6/h2-4,17H,1H3,(H,13,16). The number of hydrogen-bond acceptors (Lipinski definition) is 7. The second-order valence-electron chi connectivity index (χ2n) is 4.11. The Labute approximate surface area is 116 Å². The van der Waals surface area contributed by atoms with Crippen LogP contribution in [-0.2, 0) is 0 Å². The first-order valence-corrected chi connectivity index (χ1v) is 5.53. The van der Waals surface area contributed by atoms with Crippen molar-refractivity contribution >= 4 is 11.4 Å². The average Bonchev–Trinajstić information content (AvgIpc) is 2.37. The smallest absolute Gasteiger partial charge is 0.321 e. The lowest BCUT2D eigenvalue weighted by atomic mass is 10.0. The van der Waals surface area contributed by atoms with E-state index in [4.69, 9.17) is 0 Å². The van der Waals surface area contributed by atoms with Crippen LogP contribution < -0.4 is 5.56 Å². The number of hydrogen-bond donors (Lipinski definition) is 2. The number of H-pyrrole nitrogens is 1. The predicted molar refractivity (Wildman–Crippen MR) is 70.0 cm³/mol. The van der Waals surface area contributed by atoms with Gasteiger partial charge in [-0.1, -0.05) is 0 Å². The van der Waals surface area contributed by atoms with E-state index in [1.807, 2.05) is 0 Å². The highest BCUT2D eigenvalue weighted by atomic mass is 16.6. The zero-order chi connectivity index (χ0) is 15.7.